The molecule has 1 heterocycles. The van der Waals surface area contributed by atoms with Crippen molar-refractivity contribution in [3.63, 3.8) is 0 Å². The molecule has 4 nitrogen and oxygen atoms in total. The number of fused-ring (bicyclic) bond motifs is 1. The summed E-state index contributed by atoms with van der Waals surface area (Å²) >= 11 is 0. The first-order chi connectivity index (χ1) is 10.7. The number of nitrogens with zero attached hydrogens (tertiary/aromatic N) is 2. The highest BCUT2D eigenvalue weighted by atomic mass is 14.9. The van der Waals surface area contributed by atoms with Crippen molar-refractivity contribution in [3.05, 3.63) is 66.1 Å². The van der Waals surface area contributed by atoms with Crippen LogP contribution < -0.4 is 5.32 Å². The van der Waals surface area contributed by atoms with E-state index in [-0.39, 0.29) is 0 Å². The van der Waals surface area contributed by atoms with Crippen molar-refractivity contribution in [1.82, 2.24) is 9.97 Å². The van der Waals surface area contributed by atoms with E-state index < -0.39 is 0 Å². The zero-order valence-corrected chi connectivity index (χ0v) is 12.2. The normalized spacial score (nSPS) is 11.0. The third-order valence-electron chi connectivity index (χ3n) is 3.15. The standard InChI is InChI=1S/C18H16N4/c1-13(19)21-16-8-9-17-15(11-16)12-20-18(22-17)10-7-14-5-3-2-4-6-14/h2-12H,1H3,(H2,19,21)/b10-7+. The van der Waals surface area contributed by atoms with Crippen molar-refractivity contribution in [2.75, 3.05) is 5.32 Å². The van der Waals surface area contributed by atoms with Gasteiger partial charge in [-0.3, -0.25) is 5.41 Å². The van der Waals surface area contributed by atoms with Gasteiger partial charge in [0.15, 0.2) is 5.82 Å². The molecule has 2 aromatic carbocycles. The molecule has 0 aliphatic rings. The van der Waals surface area contributed by atoms with Gasteiger partial charge in [0, 0.05) is 17.3 Å². The predicted molar refractivity (Wildman–Crippen MR) is 91.9 cm³/mol. The van der Waals surface area contributed by atoms with Crippen LogP contribution in [0.3, 0.4) is 0 Å². The first-order valence-corrected chi connectivity index (χ1v) is 7.03. The van der Waals surface area contributed by atoms with Crippen LogP contribution in [-0.4, -0.2) is 15.8 Å². The number of nitrogens with one attached hydrogen (secondary N) is 2. The number of hydrogen-bond acceptors (Lipinski definition) is 3. The zero-order chi connectivity index (χ0) is 15.4. The number of rotatable bonds is 3. The Morgan fingerprint density at radius 2 is 1.91 bits per heavy atom. The number of aromatic nitrogens is 2. The van der Waals surface area contributed by atoms with E-state index in [1.807, 2.05) is 60.7 Å². The predicted octanol–water partition coefficient (Wildman–Crippen LogP) is 4.21. The van der Waals surface area contributed by atoms with Gasteiger partial charge in [-0.25, -0.2) is 9.97 Å². The maximum Gasteiger partial charge on any atom is 0.152 e. The van der Waals surface area contributed by atoms with Crippen molar-refractivity contribution in [2.45, 2.75) is 6.92 Å². The van der Waals surface area contributed by atoms with Crippen molar-refractivity contribution in [2.24, 2.45) is 0 Å². The molecule has 0 amide bonds. The molecule has 1 aromatic heterocycles. The van der Waals surface area contributed by atoms with Crippen LogP contribution >= 0.6 is 0 Å². The fraction of sp³-hybridized carbons (Fsp3) is 0.0556. The fourth-order valence-electron chi connectivity index (χ4n) is 2.16. The molecule has 0 atom stereocenters. The SMILES string of the molecule is CC(=N)Nc1ccc2nc(/C=C/c3ccccc3)ncc2c1. The summed E-state index contributed by atoms with van der Waals surface area (Å²) in [5.74, 6) is 1.09. The summed E-state index contributed by atoms with van der Waals surface area (Å²) in [4.78, 5) is 8.89. The van der Waals surface area contributed by atoms with Gasteiger partial charge in [-0.05, 0) is 36.8 Å². The van der Waals surface area contributed by atoms with Crippen LogP contribution in [0, 0.1) is 5.41 Å². The number of anilines is 1. The van der Waals surface area contributed by atoms with E-state index in [0.717, 1.165) is 22.2 Å². The van der Waals surface area contributed by atoms with Crippen LogP contribution in [0.1, 0.15) is 18.3 Å². The average molecular weight is 288 g/mol. The Kier molecular flexibility index (Phi) is 3.92. The summed E-state index contributed by atoms with van der Waals surface area (Å²) in [6.45, 7) is 1.71. The van der Waals surface area contributed by atoms with Crippen LogP contribution in [0.5, 0.6) is 0 Å². The van der Waals surface area contributed by atoms with Gasteiger partial charge in [0.25, 0.3) is 0 Å². The van der Waals surface area contributed by atoms with Crippen molar-refractivity contribution >= 4 is 34.6 Å². The summed E-state index contributed by atoms with van der Waals surface area (Å²) in [7, 11) is 0. The molecule has 0 saturated heterocycles. The van der Waals surface area contributed by atoms with Crippen molar-refractivity contribution < 1.29 is 0 Å². The maximum absolute atomic E-state index is 7.46. The quantitative estimate of drug-likeness (QED) is 0.560. The highest BCUT2D eigenvalue weighted by molar-refractivity contribution is 5.93. The van der Waals surface area contributed by atoms with Gasteiger partial charge in [0.1, 0.15) is 0 Å². The van der Waals surface area contributed by atoms with Crippen molar-refractivity contribution in [3.8, 4) is 0 Å². The number of amidine groups is 1. The summed E-state index contributed by atoms with van der Waals surface area (Å²) < 4.78 is 0. The lowest BCUT2D eigenvalue weighted by atomic mass is 10.2. The van der Waals surface area contributed by atoms with E-state index in [4.69, 9.17) is 5.41 Å². The molecule has 0 spiro atoms. The third-order valence-corrected chi connectivity index (χ3v) is 3.15. The Balaban J connectivity index is 1.87. The van der Waals surface area contributed by atoms with E-state index in [0.29, 0.717) is 11.7 Å². The van der Waals surface area contributed by atoms with Gasteiger partial charge in [-0.1, -0.05) is 36.4 Å². The number of hydrogen-bond donors (Lipinski definition) is 2. The van der Waals surface area contributed by atoms with Gasteiger partial charge in [-0.2, -0.15) is 0 Å². The van der Waals surface area contributed by atoms with Crippen molar-refractivity contribution in [1.29, 1.82) is 5.41 Å². The average Bonchev–Trinajstić information content (AvgIpc) is 2.53. The Hall–Kier alpha value is -3.01. The van der Waals surface area contributed by atoms with E-state index >= 15 is 0 Å². The molecule has 0 saturated carbocycles. The minimum absolute atomic E-state index is 0.405. The van der Waals surface area contributed by atoms with Gasteiger partial charge in [0.05, 0.1) is 11.4 Å². The van der Waals surface area contributed by atoms with Gasteiger partial charge in [0.2, 0.25) is 0 Å². The molecule has 108 valence electrons. The molecule has 2 N–H and O–H groups in total. The minimum Gasteiger partial charge on any atom is -0.344 e. The van der Waals surface area contributed by atoms with Crippen LogP contribution in [0.4, 0.5) is 5.69 Å². The van der Waals surface area contributed by atoms with Crippen LogP contribution in [-0.2, 0) is 0 Å². The Morgan fingerprint density at radius 3 is 2.68 bits per heavy atom. The smallest absolute Gasteiger partial charge is 0.152 e. The molecule has 0 bridgehead atoms. The molecule has 0 unspecified atom stereocenters. The molecule has 0 aliphatic heterocycles. The Labute approximate surface area is 129 Å². The second kappa shape index (κ2) is 6.18. The second-order valence-corrected chi connectivity index (χ2v) is 5.00. The second-order valence-electron chi connectivity index (χ2n) is 5.00. The molecule has 0 radical (unpaired) electrons. The summed E-state index contributed by atoms with van der Waals surface area (Å²) in [6, 6.07) is 15.9. The first kappa shape index (κ1) is 13.9. The minimum atomic E-state index is 0.405. The summed E-state index contributed by atoms with van der Waals surface area (Å²) in [5.41, 5.74) is 2.87. The first-order valence-electron chi connectivity index (χ1n) is 7.03. The lowest BCUT2D eigenvalue weighted by Gasteiger charge is -2.05. The molecule has 0 fully saturated rings. The number of benzene rings is 2. The van der Waals surface area contributed by atoms with E-state index in [1.165, 1.54) is 0 Å². The fourth-order valence-corrected chi connectivity index (χ4v) is 2.16. The lowest BCUT2D eigenvalue weighted by Crippen LogP contribution is -2.04. The van der Waals surface area contributed by atoms with Gasteiger partial charge >= 0.3 is 0 Å². The van der Waals surface area contributed by atoms with Crippen LogP contribution in [0.25, 0.3) is 23.1 Å². The molecular formula is C18H16N4. The highest BCUT2D eigenvalue weighted by Crippen LogP contribution is 2.17. The third kappa shape index (κ3) is 3.35. The molecular weight excluding hydrogens is 272 g/mol. The van der Waals surface area contributed by atoms with E-state index in [2.05, 4.69) is 15.3 Å². The zero-order valence-electron chi connectivity index (χ0n) is 12.2. The summed E-state index contributed by atoms with van der Waals surface area (Å²) in [6.07, 6.45) is 5.70. The van der Waals surface area contributed by atoms with Crippen LogP contribution in [0.15, 0.2) is 54.7 Å². The van der Waals surface area contributed by atoms with Crippen LogP contribution in [0.2, 0.25) is 0 Å². The lowest BCUT2D eigenvalue weighted by molar-refractivity contribution is 1.19. The van der Waals surface area contributed by atoms with E-state index in [9.17, 15) is 0 Å². The maximum atomic E-state index is 7.46. The monoisotopic (exact) mass is 288 g/mol. The molecule has 3 aromatic rings. The molecule has 4 heteroatoms. The molecule has 22 heavy (non-hydrogen) atoms. The Bertz CT molecular complexity index is 838. The van der Waals surface area contributed by atoms with E-state index in [1.54, 1.807) is 13.1 Å². The largest absolute Gasteiger partial charge is 0.344 e. The Morgan fingerprint density at radius 1 is 1.09 bits per heavy atom. The summed E-state index contributed by atoms with van der Waals surface area (Å²) in [5, 5.41) is 11.4. The van der Waals surface area contributed by atoms with Gasteiger partial charge < -0.3 is 5.32 Å². The molecule has 0 aliphatic carbocycles. The molecule has 3 rings (SSSR count). The van der Waals surface area contributed by atoms with Gasteiger partial charge in [-0.15, -0.1) is 0 Å². The highest BCUT2D eigenvalue weighted by Gasteiger charge is 2.00. The topological polar surface area (TPSA) is 61.7 Å².